The van der Waals surface area contributed by atoms with E-state index in [1.165, 1.54) is 0 Å². The van der Waals surface area contributed by atoms with Gasteiger partial charge in [0, 0.05) is 37.0 Å². The minimum Gasteiger partial charge on any atom is -0.381 e. The van der Waals surface area contributed by atoms with Crippen molar-refractivity contribution >= 4 is 22.9 Å². The van der Waals surface area contributed by atoms with Crippen molar-refractivity contribution in [2.75, 3.05) is 19.0 Å². The molecule has 2 N–H and O–H groups in total. The minimum absolute atomic E-state index is 0.125. The van der Waals surface area contributed by atoms with Crippen LogP contribution in [0.25, 0.3) is 11.1 Å². The molecule has 3 aromatic heterocycles. The second-order valence-corrected chi connectivity index (χ2v) is 10.9. The second-order valence-electron chi connectivity index (χ2n) is 10.9. The predicted molar refractivity (Wildman–Crippen MR) is 144 cm³/mol. The van der Waals surface area contributed by atoms with Crippen LogP contribution in [0.3, 0.4) is 0 Å². The predicted octanol–water partition coefficient (Wildman–Crippen LogP) is 5.04. The van der Waals surface area contributed by atoms with Crippen molar-refractivity contribution in [3.8, 4) is 0 Å². The normalized spacial score (nSPS) is 21.7. The highest BCUT2D eigenvalue weighted by Crippen LogP contribution is 2.43. The molecule has 6 rings (SSSR count). The number of nitrogens with zero attached hydrogens (tertiary/aromatic N) is 4. The van der Waals surface area contributed by atoms with Crippen LogP contribution in [-0.2, 0) is 11.2 Å². The summed E-state index contributed by atoms with van der Waals surface area (Å²) in [6.45, 7) is -0.449. The van der Waals surface area contributed by atoms with Gasteiger partial charge < -0.3 is 15.4 Å². The molecule has 3 aliphatic carbocycles. The first-order valence-corrected chi connectivity index (χ1v) is 13.9. The Morgan fingerprint density at radius 2 is 2.00 bits per heavy atom. The smallest absolute Gasteiger partial charge is 0.267 e. The number of anilines is 1. The maximum Gasteiger partial charge on any atom is 0.267 e. The van der Waals surface area contributed by atoms with Gasteiger partial charge in [-0.3, -0.25) is 4.79 Å². The Morgan fingerprint density at radius 1 is 1.18 bits per heavy atom. The summed E-state index contributed by atoms with van der Waals surface area (Å²) in [5, 5.41) is 10.3. The molecule has 206 valence electrons. The average Bonchev–Trinajstić information content (AvgIpc) is 3.76. The molecule has 39 heavy (non-hydrogen) atoms. The van der Waals surface area contributed by atoms with E-state index >= 15 is 0 Å². The van der Waals surface area contributed by atoms with Crippen LogP contribution in [0.5, 0.6) is 0 Å². The molecule has 0 bridgehead atoms. The third-order valence-corrected chi connectivity index (χ3v) is 8.20. The van der Waals surface area contributed by atoms with Crippen molar-refractivity contribution in [1.82, 2.24) is 24.9 Å². The van der Waals surface area contributed by atoms with E-state index in [-0.39, 0.29) is 24.0 Å². The van der Waals surface area contributed by atoms with Crippen molar-refractivity contribution < 1.29 is 18.3 Å². The molecule has 0 radical (unpaired) electrons. The van der Waals surface area contributed by atoms with E-state index < -0.39 is 18.4 Å². The van der Waals surface area contributed by atoms with Crippen molar-refractivity contribution in [2.24, 2.45) is 5.92 Å². The van der Waals surface area contributed by atoms with Gasteiger partial charge >= 0.3 is 0 Å². The van der Waals surface area contributed by atoms with Crippen LogP contribution >= 0.6 is 0 Å². The summed E-state index contributed by atoms with van der Waals surface area (Å²) in [6, 6.07) is 4.08. The molecule has 0 saturated heterocycles. The number of aromatic nitrogens is 4. The van der Waals surface area contributed by atoms with Crippen LogP contribution in [0.15, 0.2) is 36.8 Å². The van der Waals surface area contributed by atoms with Gasteiger partial charge in [-0.25, -0.2) is 23.3 Å². The van der Waals surface area contributed by atoms with Crippen molar-refractivity contribution in [2.45, 2.75) is 75.9 Å². The maximum atomic E-state index is 14.2. The van der Waals surface area contributed by atoms with Crippen molar-refractivity contribution in [3.05, 3.63) is 59.2 Å². The third-order valence-electron chi connectivity index (χ3n) is 8.20. The summed E-state index contributed by atoms with van der Waals surface area (Å²) in [6.07, 6.45) is 15.0. The number of carbonyl (C=O) groups is 1. The lowest BCUT2D eigenvalue weighted by Crippen LogP contribution is -2.38. The maximum absolute atomic E-state index is 14.2. The number of halogens is 2. The van der Waals surface area contributed by atoms with E-state index in [9.17, 15) is 13.6 Å². The van der Waals surface area contributed by atoms with Gasteiger partial charge in [0.1, 0.15) is 0 Å². The van der Waals surface area contributed by atoms with E-state index in [0.717, 1.165) is 72.9 Å². The summed E-state index contributed by atoms with van der Waals surface area (Å²) in [7, 11) is 1.74. The Kier molecular flexibility index (Phi) is 7.05. The number of hydrogen-bond acceptors (Lipinski definition) is 6. The number of rotatable bonds is 8. The molecular weight excluding hydrogens is 502 g/mol. The van der Waals surface area contributed by atoms with Gasteiger partial charge in [-0.15, -0.1) is 0 Å². The van der Waals surface area contributed by atoms with Crippen LogP contribution in [-0.4, -0.2) is 57.2 Å². The lowest BCUT2D eigenvalue weighted by Gasteiger charge is -2.28. The SMILES string of the molecule is COC1CCC(NC(=O)c2cnn3ccc(C4=CCCCc5nc(NCC(F)(F)C6CC6)ncc54)cc23)CC1. The lowest BCUT2D eigenvalue weighted by atomic mass is 9.93. The Labute approximate surface area is 226 Å². The fourth-order valence-electron chi connectivity index (χ4n) is 5.69. The van der Waals surface area contributed by atoms with Crippen LogP contribution < -0.4 is 10.6 Å². The second kappa shape index (κ2) is 10.6. The van der Waals surface area contributed by atoms with Gasteiger partial charge in [-0.2, -0.15) is 5.10 Å². The van der Waals surface area contributed by atoms with Crippen molar-refractivity contribution in [1.29, 1.82) is 0 Å². The Balaban J connectivity index is 1.22. The summed E-state index contributed by atoms with van der Waals surface area (Å²) < 4.78 is 35.5. The highest BCUT2D eigenvalue weighted by molar-refractivity contribution is 6.01. The molecule has 3 heterocycles. The number of hydrogen-bond donors (Lipinski definition) is 2. The standard InChI is InChI=1S/C29H34F2N6O2/c1-39-21-10-8-20(9-11-21)35-27(38)24-16-34-37-13-12-18(14-26(24)37)22-4-2-3-5-25-23(22)15-32-28(36-25)33-17-29(30,31)19-6-7-19/h4,12-16,19-21H,2-3,5-11,17H2,1H3,(H,35,38)(H,32,33,36). The van der Waals surface area contributed by atoms with Crippen LogP contribution in [0.1, 0.15) is 78.5 Å². The topological polar surface area (TPSA) is 93.4 Å². The molecule has 0 atom stereocenters. The van der Waals surface area contributed by atoms with E-state index in [4.69, 9.17) is 4.74 Å². The average molecular weight is 537 g/mol. The Morgan fingerprint density at radius 3 is 2.77 bits per heavy atom. The van der Waals surface area contributed by atoms with Crippen LogP contribution in [0.4, 0.5) is 14.7 Å². The number of allylic oxidation sites excluding steroid dienone is 1. The molecule has 2 fully saturated rings. The molecule has 10 heteroatoms. The molecule has 3 aromatic rings. The number of aryl methyl sites for hydroxylation is 1. The number of carbonyl (C=O) groups excluding carboxylic acids is 1. The number of methoxy groups -OCH3 is 1. The lowest BCUT2D eigenvalue weighted by molar-refractivity contribution is -0.00833. The number of fused-ring (bicyclic) bond motifs is 2. The number of nitrogens with one attached hydrogen (secondary N) is 2. The molecule has 8 nitrogen and oxygen atoms in total. The van der Waals surface area contributed by atoms with Gasteiger partial charge in [-0.05, 0) is 81.1 Å². The van der Waals surface area contributed by atoms with Crippen LogP contribution in [0, 0.1) is 5.92 Å². The zero-order valence-corrected chi connectivity index (χ0v) is 22.1. The van der Waals surface area contributed by atoms with E-state index in [1.807, 2.05) is 18.3 Å². The molecule has 0 aliphatic heterocycles. The highest BCUT2D eigenvalue weighted by atomic mass is 19.3. The monoisotopic (exact) mass is 536 g/mol. The first kappa shape index (κ1) is 25.9. The zero-order valence-electron chi connectivity index (χ0n) is 22.1. The Hall–Kier alpha value is -3.40. The quantitative estimate of drug-likeness (QED) is 0.419. The van der Waals surface area contributed by atoms with Gasteiger partial charge in [-0.1, -0.05) is 6.08 Å². The summed E-state index contributed by atoms with van der Waals surface area (Å²) in [5.41, 5.74) is 4.90. The molecule has 1 amide bonds. The zero-order chi connectivity index (χ0) is 27.0. The number of alkyl halides is 2. The summed E-state index contributed by atoms with van der Waals surface area (Å²) in [5.74, 6) is -3.16. The first-order valence-electron chi connectivity index (χ1n) is 13.9. The number of amides is 1. The van der Waals surface area contributed by atoms with Gasteiger partial charge in [0.2, 0.25) is 5.95 Å². The fourth-order valence-corrected chi connectivity index (χ4v) is 5.69. The van der Waals surface area contributed by atoms with Gasteiger partial charge in [0.25, 0.3) is 11.8 Å². The van der Waals surface area contributed by atoms with E-state index in [0.29, 0.717) is 18.4 Å². The summed E-state index contributed by atoms with van der Waals surface area (Å²) >= 11 is 0. The van der Waals surface area contributed by atoms with Gasteiger partial charge in [0.15, 0.2) is 0 Å². The van der Waals surface area contributed by atoms with E-state index in [1.54, 1.807) is 24.0 Å². The largest absolute Gasteiger partial charge is 0.381 e. The molecular formula is C29H34F2N6O2. The van der Waals surface area contributed by atoms with Crippen molar-refractivity contribution in [3.63, 3.8) is 0 Å². The third kappa shape index (κ3) is 5.52. The molecule has 0 unspecified atom stereocenters. The Bertz CT molecular complexity index is 1390. The first-order chi connectivity index (χ1) is 18.9. The molecule has 0 aromatic carbocycles. The van der Waals surface area contributed by atoms with E-state index in [2.05, 4.69) is 31.8 Å². The fraction of sp³-hybridized carbons (Fsp3) is 0.517. The molecule has 2 saturated carbocycles. The molecule has 3 aliphatic rings. The number of pyridine rings is 1. The summed E-state index contributed by atoms with van der Waals surface area (Å²) in [4.78, 5) is 22.2. The van der Waals surface area contributed by atoms with Gasteiger partial charge in [0.05, 0.1) is 35.6 Å². The number of ether oxygens (including phenoxy) is 1. The highest BCUT2D eigenvalue weighted by Gasteiger charge is 2.46. The molecule has 0 spiro atoms. The van der Waals surface area contributed by atoms with Crippen LogP contribution in [0.2, 0.25) is 0 Å². The minimum atomic E-state index is -2.74.